The molecule has 192 valence electrons. The van der Waals surface area contributed by atoms with Gasteiger partial charge in [0.1, 0.15) is 0 Å². The molecule has 0 fully saturated rings. The number of unbranched alkanes of at least 4 members (excludes halogenated alkanes) is 1. The van der Waals surface area contributed by atoms with Crippen LogP contribution in [0.2, 0.25) is 0 Å². The van der Waals surface area contributed by atoms with E-state index in [2.05, 4.69) is 0 Å². The Morgan fingerprint density at radius 1 is 0.500 bits per heavy atom. The number of halogens is 16. The van der Waals surface area contributed by atoms with Gasteiger partial charge in [0.05, 0.1) is 0 Å². The van der Waals surface area contributed by atoms with Crippen LogP contribution < -0.4 is 0 Å². The van der Waals surface area contributed by atoms with E-state index in [1.165, 1.54) is 0 Å². The second kappa shape index (κ2) is 8.76. The van der Waals surface area contributed by atoms with Crippen LogP contribution in [0.15, 0.2) is 12.2 Å². The number of rotatable bonds is 12. The highest BCUT2D eigenvalue weighted by atomic mass is 19.4. The molecule has 0 rings (SSSR count). The molecule has 0 N–H and O–H groups in total. The van der Waals surface area contributed by atoms with E-state index in [1.807, 2.05) is 0 Å². The van der Waals surface area contributed by atoms with E-state index >= 15 is 0 Å². The lowest BCUT2D eigenvalue weighted by atomic mass is 9.86. The van der Waals surface area contributed by atoms with Gasteiger partial charge in [0.2, 0.25) is 0 Å². The molecule has 0 aromatic heterocycles. The minimum atomic E-state index is -8.35. The molecule has 0 aromatic rings. The van der Waals surface area contributed by atoms with Crippen LogP contribution in [0.4, 0.5) is 70.2 Å². The highest BCUT2D eigenvalue weighted by Gasteiger charge is 2.94. The normalized spacial score (nSPS) is 16.2. The maximum absolute atomic E-state index is 13.6. The Morgan fingerprint density at radius 2 is 0.812 bits per heavy atom. The van der Waals surface area contributed by atoms with E-state index in [0.29, 0.717) is 6.08 Å². The third-order valence-corrected chi connectivity index (χ3v) is 4.34. The minimum Gasteiger partial charge on any atom is -0.200 e. The summed E-state index contributed by atoms with van der Waals surface area (Å²) in [5, 5.41) is 0. The van der Waals surface area contributed by atoms with Crippen molar-refractivity contribution in [1.82, 2.24) is 0 Å². The van der Waals surface area contributed by atoms with Crippen LogP contribution in [0.3, 0.4) is 0 Å². The molecule has 0 saturated heterocycles. The van der Waals surface area contributed by atoms with Gasteiger partial charge in [-0.05, 0) is 13.3 Å². The molecule has 0 aliphatic rings. The Morgan fingerprint density at radius 3 is 1.12 bits per heavy atom. The third kappa shape index (κ3) is 4.26. The zero-order valence-corrected chi connectivity index (χ0v) is 16.0. The summed E-state index contributed by atoms with van der Waals surface area (Å²) < 4.78 is 216. The van der Waals surface area contributed by atoms with E-state index in [-0.39, 0.29) is 6.08 Å². The van der Waals surface area contributed by atoms with Crippen LogP contribution in [0.1, 0.15) is 39.5 Å². The predicted octanol–water partition coefficient (Wildman–Crippen LogP) is 8.23. The van der Waals surface area contributed by atoms with Crippen molar-refractivity contribution >= 4 is 0 Å². The van der Waals surface area contributed by atoms with Gasteiger partial charge in [-0.25, -0.2) is 0 Å². The van der Waals surface area contributed by atoms with E-state index in [4.69, 9.17) is 0 Å². The van der Waals surface area contributed by atoms with Gasteiger partial charge < -0.3 is 0 Å². The van der Waals surface area contributed by atoms with E-state index in [0.717, 1.165) is 13.8 Å². The van der Waals surface area contributed by atoms with Crippen molar-refractivity contribution in [3.8, 4) is 0 Å². The predicted molar refractivity (Wildman–Crippen MR) is 78.5 cm³/mol. The molecule has 0 bridgehead atoms. The van der Waals surface area contributed by atoms with Crippen LogP contribution in [0, 0.1) is 0 Å². The van der Waals surface area contributed by atoms with Gasteiger partial charge in [-0.15, -0.1) is 0 Å². The molecule has 0 unspecified atom stereocenters. The molecule has 0 aromatic carbocycles. The Bertz CT molecular complexity index is 661. The molecule has 0 nitrogen and oxygen atoms in total. The fourth-order valence-corrected chi connectivity index (χ4v) is 2.20. The van der Waals surface area contributed by atoms with Crippen LogP contribution in [-0.2, 0) is 0 Å². The molecule has 0 atom stereocenters. The first-order chi connectivity index (χ1) is 13.9. The number of hydrogen-bond acceptors (Lipinski definition) is 0. The fourth-order valence-electron chi connectivity index (χ4n) is 2.20. The van der Waals surface area contributed by atoms with Crippen LogP contribution in [0.5, 0.6) is 0 Å². The average molecular weight is 512 g/mol. The zero-order valence-electron chi connectivity index (χ0n) is 16.0. The lowest BCUT2D eigenvalue weighted by molar-refractivity contribution is -0.453. The molecular formula is C16H16F16. The molecule has 0 heterocycles. The van der Waals surface area contributed by atoms with E-state index in [9.17, 15) is 70.2 Å². The van der Waals surface area contributed by atoms with Crippen molar-refractivity contribution in [2.45, 2.75) is 86.9 Å². The topological polar surface area (TPSA) is 0 Å². The summed E-state index contributed by atoms with van der Waals surface area (Å²) in [6.07, 6.45) is -5.74. The first-order valence-electron chi connectivity index (χ1n) is 8.51. The molecule has 0 amide bonds. The van der Waals surface area contributed by atoms with Crippen molar-refractivity contribution in [3.63, 3.8) is 0 Å². The highest BCUT2D eigenvalue weighted by Crippen LogP contribution is 2.64. The number of allylic oxidation sites excluding steroid dienone is 2. The lowest BCUT2D eigenvalue weighted by Crippen LogP contribution is -2.74. The summed E-state index contributed by atoms with van der Waals surface area (Å²) in [5.41, 5.74) is 0. The quantitative estimate of drug-likeness (QED) is 0.183. The lowest BCUT2D eigenvalue weighted by Gasteiger charge is -2.43. The maximum Gasteiger partial charge on any atom is 0.384 e. The Balaban J connectivity index is 6.64. The number of alkyl halides is 16. The first-order valence-corrected chi connectivity index (χ1v) is 8.51. The van der Waals surface area contributed by atoms with Crippen molar-refractivity contribution < 1.29 is 70.2 Å². The second-order valence-corrected chi connectivity index (χ2v) is 6.73. The SMILES string of the molecule is C/C=C/CC(F)(F)C(F)(F)C(F)(F)C(F)(F)C(F)(F)C(F)(F)C(F)(F)C(F)(F)CCCC. The molecule has 0 spiro atoms. The zero-order chi connectivity index (χ0) is 26.2. The molecule has 0 aliphatic heterocycles. The van der Waals surface area contributed by atoms with Crippen molar-refractivity contribution in [1.29, 1.82) is 0 Å². The van der Waals surface area contributed by atoms with E-state index < -0.39 is 73.1 Å². The molecule has 0 radical (unpaired) electrons. The summed E-state index contributed by atoms with van der Waals surface area (Å²) in [6, 6.07) is 0. The van der Waals surface area contributed by atoms with Crippen LogP contribution in [-0.4, -0.2) is 47.4 Å². The monoisotopic (exact) mass is 512 g/mol. The van der Waals surface area contributed by atoms with Gasteiger partial charge in [0, 0.05) is 12.8 Å². The fraction of sp³-hybridized carbons (Fsp3) is 0.875. The smallest absolute Gasteiger partial charge is 0.200 e. The highest BCUT2D eigenvalue weighted by molar-refractivity contribution is 5.16. The summed E-state index contributed by atoms with van der Waals surface area (Å²) >= 11 is 0. The van der Waals surface area contributed by atoms with Crippen molar-refractivity contribution in [3.05, 3.63) is 12.2 Å². The van der Waals surface area contributed by atoms with Crippen LogP contribution in [0.25, 0.3) is 0 Å². The standard InChI is InChI=1S/C16H16F16/c1-3-5-7-9(17,18)11(21,22)13(25,26)15(29,30)16(31,32)14(27,28)12(23,24)10(19,20)8-6-4-2/h3,5H,4,6-8H2,1-2H3/b5-3+. The third-order valence-electron chi connectivity index (χ3n) is 4.34. The van der Waals surface area contributed by atoms with E-state index in [1.54, 1.807) is 0 Å². The maximum atomic E-state index is 13.6. The van der Waals surface area contributed by atoms with Crippen LogP contribution >= 0.6 is 0 Å². The van der Waals surface area contributed by atoms with Gasteiger partial charge in [0.15, 0.2) is 0 Å². The van der Waals surface area contributed by atoms with Gasteiger partial charge in [-0.1, -0.05) is 25.5 Å². The molecular weight excluding hydrogens is 496 g/mol. The average Bonchev–Trinajstić information content (AvgIpc) is 2.63. The van der Waals surface area contributed by atoms with Crippen molar-refractivity contribution in [2.24, 2.45) is 0 Å². The summed E-state index contributed by atoms with van der Waals surface area (Å²) in [5.74, 6) is -60.3. The van der Waals surface area contributed by atoms with Gasteiger partial charge in [-0.3, -0.25) is 0 Å². The first kappa shape index (κ1) is 30.6. The Labute approximate surface area is 170 Å². The number of hydrogen-bond donors (Lipinski definition) is 0. The minimum absolute atomic E-state index is 0.00266. The largest absolute Gasteiger partial charge is 0.384 e. The second-order valence-electron chi connectivity index (χ2n) is 6.73. The molecule has 16 heteroatoms. The summed E-state index contributed by atoms with van der Waals surface area (Å²) in [7, 11) is 0. The van der Waals surface area contributed by atoms with Gasteiger partial charge in [-0.2, -0.15) is 70.2 Å². The molecule has 0 aliphatic carbocycles. The summed E-state index contributed by atoms with van der Waals surface area (Å²) in [4.78, 5) is 0. The Kier molecular flexibility index (Phi) is 8.38. The molecule has 0 saturated carbocycles. The van der Waals surface area contributed by atoms with Gasteiger partial charge in [0.25, 0.3) is 0 Å². The summed E-state index contributed by atoms with van der Waals surface area (Å²) in [6.45, 7) is 1.89. The Hall–Kier alpha value is -1.38. The van der Waals surface area contributed by atoms with Crippen molar-refractivity contribution in [2.75, 3.05) is 0 Å². The van der Waals surface area contributed by atoms with Gasteiger partial charge >= 0.3 is 47.4 Å². The molecule has 32 heavy (non-hydrogen) atoms.